The molecule has 1 saturated heterocycles. The van der Waals surface area contributed by atoms with Crippen LogP contribution in [0.2, 0.25) is 0 Å². The Bertz CT molecular complexity index is 759. The number of hydrogen-bond donors (Lipinski definition) is 0. The summed E-state index contributed by atoms with van der Waals surface area (Å²) in [7, 11) is 0. The van der Waals surface area contributed by atoms with E-state index in [9.17, 15) is 9.18 Å². The van der Waals surface area contributed by atoms with Gasteiger partial charge in [0.1, 0.15) is 11.6 Å². The van der Waals surface area contributed by atoms with Gasteiger partial charge >= 0.3 is 5.97 Å². The summed E-state index contributed by atoms with van der Waals surface area (Å²) < 4.78 is 24.3. The summed E-state index contributed by atoms with van der Waals surface area (Å²) in [5.41, 5.74) is 1.46. The predicted octanol–water partition coefficient (Wildman–Crippen LogP) is 4.10. The first kappa shape index (κ1) is 18.6. The van der Waals surface area contributed by atoms with E-state index in [0.29, 0.717) is 31.0 Å². The largest absolute Gasteiger partial charge is 0.466 e. The maximum atomic E-state index is 13.4. The van der Waals surface area contributed by atoms with Crippen LogP contribution >= 0.6 is 0 Å². The molecule has 0 spiro atoms. The molecule has 0 bridgehead atoms. The third-order valence-electron chi connectivity index (χ3n) is 4.77. The number of benzene rings is 1. The molecule has 1 atom stereocenters. The minimum Gasteiger partial charge on any atom is -0.466 e. The van der Waals surface area contributed by atoms with Gasteiger partial charge in [0.15, 0.2) is 0 Å². The number of halogens is 1. The molecule has 0 radical (unpaired) electrons. The summed E-state index contributed by atoms with van der Waals surface area (Å²) >= 11 is 0. The number of piperidine rings is 1. The molecule has 0 N–H and O–H groups in total. The van der Waals surface area contributed by atoms with Gasteiger partial charge in [-0.3, -0.25) is 9.69 Å². The van der Waals surface area contributed by atoms with Gasteiger partial charge in [-0.25, -0.2) is 9.37 Å². The van der Waals surface area contributed by atoms with Crippen LogP contribution in [0.1, 0.15) is 44.1 Å². The number of aryl methyl sites for hydroxylation is 1. The van der Waals surface area contributed by atoms with Crippen LogP contribution in [-0.4, -0.2) is 35.0 Å². The van der Waals surface area contributed by atoms with Crippen molar-refractivity contribution >= 4 is 5.97 Å². The van der Waals surface area contributed by atoms with Crippen LogP contribution in [0.4, 0.5) is 4.39 Å². The molecular weight excluding hydrogens is 335 g/mol. The number of nitrogens with zero attached hydrogens (tertiary/aromatic N) is 2. The van der Waals surface area contributed by atoms with Crippen molar-refractivity contribution < 1.29 is 18.3 Å². The molecule has 1 fully saturated rings. The maximum absolute atomic E-state index is 13.4. The third kappa shape index (κ3) is 4.49. The Balaban J connectivity index is 1.73. The number of likely N-dealkylation sites (tertiary alicyclic amines) is 1. The highest BCUT2D eigenvalue weighted by Gasteiger charge is 2.27. The Morgan fingerprint density at radius 2 is 2.27 bits per heavy atom. The van der Waals surface area contributed by atoms with Gasteiger partial charge in [-0.1, -0.05) is 12.5 Å². The van der Waals surface area contributed by atoms with E-state index in [1.54, 1.807) is 12.1 Å². The average molecular weight is 360 g/mol. The summed E-state index contributed by atoms with van der Waals surface area (Å²) in [5.74, 6) is 0.688. The zero-order chi connectivity index (χ0) is 18.5. The molecule has 1 aromatic carbocycles. The molecule has 0 unspecified atom stereocenters. The number of aromatic nitrogens is 1. The fourth-order valence-electron chi connectivity index (χ4n) is 3.42. The van der Waals surface area contributed by atoms with Gasteiger partial charge in [-0.05, 0) is 51.4 Å². The fourth-order valence-corrected chi connectivity index (χ4v) is 3.42. The van der Waals surface area contributed by atoms with Crippen LogP contribution in [0.5, 0.6) is 0 Å². The minimum absolute atomic E-state index is 0.151. The molecule has 3 rings (SSSR count). The van der Waals surface area contributed by atoms with Crippen molar-refractivity contribution in [2.75, 3.05) is 13.2 Å². The predicted molar refractivity (Wildman–Crippen MR) is 95.9 cm³/mol. The first-order valence-corrected chi connectivity index (χ1v) is 9.18. The molecule has 2 aromatic rings. The van der Waals surface area contributed by atoms with Crippen molar-refractivity contribution in [1.82, 2.24) is 9.88 Å². The van der Waals surface area contributed by atoms with E-state index in [2.05, 4.69) is 9.88 Å². The molecule has 1 aromatic heterocycles. The normalized spacial score (nSPS) is 18.0. The van der Waals surface area contributed by atoms with Gasteiger partial charge in [0, 0.05) is 18.2 Å². The highest BCUT2D eigenvalue weighted by molar-refractivity contribution is 5.70. The number of rotatable bonds is 6. The molecular formula is C20H25FN2O3. The summed E-state index contributed by atoms with van der Waals surface area (Å²) in [6.07, 6.45) is 3.61. The van der Waals surface area contributed by atoms with E-state index < -0.39 is 0 Å². The lowest BCUT2D eigenvalue weighted by atomic mass is 9.99. The Labute approximate surface area is 153 Å². The Morgan fingerprint density at radius 3 is 3.04 bits per heavy atom. The Hall–Kier alpha value is -2.21. The average Bonchev–Trinajstić information content (AvgIpc) is 2.98. The molecule has 0 saturated carbocycles. The van der Waals surface area contributed by atoms with Gasteiger partial charge in [-0.2, -0.15) is 0 Å². The lowest BCUT2D eigenvalue weighted by Crippen LogP contribution is -2.40. The highest BCUT2D eigenvalue weighted by Crippen LogP contribution is 2.26. The van der Waals surface area contributed by atoms with Crippen LogP contribution in [0.25, 0.3) is 11.5 Å². The second kappa shape index (κ2) is 8.45. The quantitative estimate of drug-likeness (QED) is 0.726. The van der Waals surface area contributed by atoms with E-state index in [4.69, 9.17) is 9.15 Å². The summed E-state index contributed by atoms with van der Waals surface area (Å²) in [5, 5.41) is 0. The van der Waals surface area contributed by atoms with E-state index in [1.807, 2.05) is 13.8 Å². The van der Waals surface area contributed by atoms with Crippen molar-refractivity contribution in [3.05, 3.63) is 41.5 Å². The van der Waals surface area contributed by atoms with Gasteiger partial charge in [0.25, 0.3) is 0 Å². The molecule has 1 aliphatic rings. The second-order valence-corrected chi connectivity index (χ2v) is 6.66. The molecule has 0 aliphatic carbocycles. The zero-order valence-corrected chi connectivity index (χ0v) is 15.3. The Morgan fingerprint density at radius 1 is 1.42 bits per heavy atom. The summed E-state index contributed by atoms with van der Waals surface area (Å²) in [6.45, 7) is 5.64. The van der Waals surface area contributed by atoms with Crippen LogP contribution < -0.4 is 0 Å². The first-order chi connectivity index (χ1) is 12.6. The van der Waals surface area contributed by atoms with Gasteiger partial charge in [-0.15, -0.1) is 0 Å². The monoisotopic (exact) mass is 360 g/mol. The minimum atomic E-state index is -0.314. The maximum Gasteiger partial charge on any atom is 0.307 e. The van der Waals surface area contributed by atoms with E-state index in [0.717, 1.165) is 37.3 Å². The second-order valence-electron chi connectivity index (χ2n) is 6.66. The van der Waals surface area contributed by atoms with E-state index in [1.165, 1.54) is 12.1 Å². The van der Waals surface area contributed by atoms with Crippen LogP contribution in [0, 0.1) is 12.7 Å². The van der Waals surface area contributed by atoms with Gasteiger partial charge in [0.2, 0.25) is 5.89 Å². The molecule has 2 heterocycles. The van der Waals surface area contributed by atoms with E-state index in [-0.39, 0.29) is 17.8 Å². The van der Waals surface area contributed by atoms with Gasteiger partial charge < -0.3 is 9.15 Å². The van der Waals surface area contributed by atoms with Crippen molar-refractivity contribution in [2.45, 2.75) is 52.1 Å². The zero-order valence-electron chi connectivity index (χ0n) is 15.3. The van der Waals surface area contributed by atoms with Gasteiger partial charge in [0.05, 0.1) is 18.7 Å². The van der Waals surface area contributed by atoms with E-state index >= 15 is 0 Å². The molecule has 140 valence electrons. The number of hydrogen-bond acceptors (Lipinski definition) is 5. The molecule has 1 aliphatic heterocycles. The van der Waals surface area contributed by atoms with Crippen molar-refractivity contribution in [2.24, 2.45) is 0 Å². The molecule has 6 heteroatoms. The number of esters is 1. The third-order valence-corrected chi connectivity index (χ3v) is 4.77. The number of oxazole rings is 1. The Kier molecular flexibility index (Phi) is 6.04. The van der Waals surface area contributed by atoms with Crippen molar-refractivity contribution in [1.29, 1.82) is 0 Å². The van der Waals surface area contributed by atoms with Crippen molar-refractivity contribution in [3.63, 3.8) is 0 Å². The topological polar surface area (TPSA) is 55.6 Å². The summed E-state index contributed by atoms with van der Waals surface area (Å²) in [4.78, 5) is 18.7. The number of carbonyl (C=O) groups is 1. The molecule has 5 nitrogen and oxygen atoms in total. The van der Waals surface area contributed by atoms with Crippen LogP contribution in [0.15, 0.2) is 28.7 Å². The SMILES string of the molecule is CCOC(=O)C[C@H]1CCCCN1Cc1nc(-c2cccc(F)c2)oc1C. The van der Waals surface area contributed by atoms with Crippen LogP contribution in [0.3, 0.4) is 0 Å². The lowest BCUT2D eigenvalue weighted by molar-refractivity contribution is -0.145. The number of carbonyl (C=O) groups excluding carboxylic acids is 1. The smallest absolute Gasteiger partial charge is 0.307 e. The first-order valence-electron chi connectivity index (χ1n) is 9.18. The standard InChI is InChI=1S/C20H25FN2O3/c1-3-25-19(24)12-17-9-4-5-10-23(17)13-18-14(2)26-20(22-18)15-7-6-8-16(21)11-15/h6-8,11,17H,3-5,9-10,12-13H2,1-2H3/t17-/m1/s1. The molecule has 0 amide bonds. The van der Waals surface area contributed by atoms with Crippen LogP contribution in [-0.2, 0) is 16.1 Å². The van der Waals surface area contributed by atoms with Crippen molar-refractivity contribution in [3.8, 4) is 11.5 Å². The highest BCUT2D eigenvalue weighted by atomic mass is 19.1. The lowest BCUT2D eigenvalue weighted by Gasteiger charge is -2.34. The fraction of sp³-hybridized carbons (Fsp3) is 0.500. The number of ether oxygens (including phenoxy) is 1. The molecule has 26 heavy (non-hydrogen) atoms. The summed E-state index contributed by atoms with van der Waals surface area (Å²) in [6, 6.07) is 6.40.